The van der Waals surface area contributed by atoms with Gasteiger partial charge in [0, 0.05) is 18.0 Å². The number of hydrogen-bond acceptors (Lipinski definition) is 4. The molecule has 2 aromatic rings. The molecule has 0 aliphatic carbocycles. The van der Waals surface area contributed by atoms with Gasteiger partial charge in [0.25, 0.3) is 0 Å². The zero-order valence-electron chi connectivity index (χ0n) is 11.6. The summed E-state index contributed by atoms with van der Waals surface area (Å²) >= 11 is 6.15. The molecule has 1 aromatic carbocycles. The minimum atomic E-state index is -0.0783. The number of nitrogens with one attached hydrogen (secondary N) is 1. The van der Waals surface area contributed by atoms with Gasteiger partial charge in [-0.1, -0.05) is 23.7 Å². The number of ether oxygens (including phenoxy) is 1. The summed E-state index contributed by atoms with van der Waals surface area (Å²) in [7, 11) is 1.66. The number of rotatable bonds is 5. The van der Waals surface area contributed by atoms with E-state index < -0.39 is 0 Å². The van der Waals surface area contributed by atoms with Crippen molar-refractivity contribution in [3.05, 3.63) is 58.4 Å². The van der Waals surface area contributed by atoms with Crippen molar-refractivity contribution in [1.82, 2.24) is 10.4 Å². The lowest BCUT2D eigenvalue weighted by Gasteiger charge is -2.20. The fraction of sp³-hybridized carbons (Fsp3) is 0.267. The Kier molecular flexibility index (Phi) is 4.95. The van der Waals surface area contributed by atoms with Crippen LogP contribution in [0.1, 0.15) is 22.7 Å². The molecule has 0 bridgehead atoms. The molecule has 1 unspecified atom stereocenters. The first kappa shape index (κ1) is 14.8. The van der Waals surface area contributed by atoms with Gasteiger partial charge in [0.15, 0.2) is 0 Å². The highest BCUT2D eigenvalue weighted by Crippen LogP contribution is 2.29. The van der Waals surface area contributed by atoms with Crippen LogP contribution in [0.15, 0.2) is 36.7 Å². The second-order valence-corrected chi connectivity index (χ2v) is 5.04. The van der Waals surface area contributed by atoms with E-state index >= 15 is 0 Å². The smallest absolute Gasteiger partial charge is 0.123 e. The van der Waals surface area contributed by atoms with Gasteiger partial charge in [0.05, 0.1) is 18.2 Å². The van der Waals surface area contributed by atoms with Crippen LogP contribution in [0.5, 0.6) is 5.75 Å². The summed E-state index contributed by atoms with van der Waals surface area (Å²) in [6.07, 6.45) is 4.02. The molecular formula is C15H18ClN3O. The monoisotopic (exact) mass is 291 g/mol. The zero-order valence-corrected chi connectivity index (χ0v) is 12.3. The molecule has 0 radical (unpaired) electrons. The van der Waals surface area contributed by atoms with Crippen molar-refractivity contribution < 1.29 is 4.74 Å². The van der Waals surface area contributed by atoms with Crippen LogP contribution in [0.2, 0.25) is 5.02 Å². The van der Waals surface area contributed by atoms with Gasteiger partial charge in [-0.05, 0) is 36.6 Å². The van der Waals surface area contributed by atoms with Crippen LogP contribution in [0.3, 0.4) is 0 Å². The third kappa shape index (κ3) is 3.28. The lowest BCUT2D eigenvalue weighted by Crippen LogP contribution is -2.30. The largest absolute Gasteiger partial charge is 0.496 e. The number of halogens is 1. The quantitative estimate of drug-likeness (QED) is 0.657. The van der Waals surface area contributed by atoms with Crippen molar-refractivity contribution in [2.75, 3.05) is 7.11 Å². The van der Waals surface area contributed by atoms with Crippen molar-refractivity contribution >= 4 is 11.6 Å². The number of hydrogen-bond donors (Lipinski definition) is 2. The Balaban J connectivity index is 2.31. The standard InChI is InChI=1S/C15H18ClN3O/c1-10-3-4-12(15(7-10)20-2)14(19-17)8-11-5-6-18-9-13(11)16/h3-7,9,14,19H,8,17H2,1-2H3. The van der Waals surface area contributed by atoms with Gasteiger partial charge in [-0.25, -0.2) is 0 Å². The van der Waals surface area contributed by atoms with Crippen LogP contribution in [-0.4, -0.2) is 12.1 Å². The van der Waals surface area contributed by atoms with Gasteiger partial charge >= 0.3 is 0 Å². The minimum absolute atomic E-state index is 0.0783. The van der Waals surface area contributed by atoms with Gasteiger partial charge in [0.1, 0.15) is 5.75 Å². The zero-order chi connectivity index (χ0) is 14.5. The van der Waals surface area contributed by atoms with Crippen LogP contribution in [0, 0.1) is 6.92 Å². The Bertz CT molecular complexity index is 589. The Morgan fingerprint density at radius 2 is 2.20 bits per heavy atom. The first-order valence-corrected chi connectivity index (χ1v) is 6.72. The van der Waals surface area contributed by atoms with E-state index in [0.29, 0.717) is 11.4 Å². The highest BCUT2D eigenvalue weighted by molar-refractivity contribution is 6.31. The summed E-state index contributed by atoms with van der Waals surface area (Å²) in [6, 6.07) is 7.87. The van der Waals surface area contributed by atoms with Crippen LogP contribution < -0.4 is 16.0 Å². The molecule has 0 aliphatic heterocycles. The summed E-state index contributed by atoms with van der Waals surface area (Å²) in [6.45, 7) is 2.02. The van der Waals surface area contributed by atoms with Crippen molar-refractivity contribution in [3.8, 4) is 5.75 Å². The maximum Gasteiger partial charge on any atom is 0.123 e. The number of nitrogens with two attached hydrogens (primary N) is 1. The van der Waals surface area contributed by atoms with Crippen molar-refractivity contribution in [3.63, 3.8) is 0 Å². The Hall–Kier alpha value is -1.62. The third-order valence-corrected chi connectivity index (χ3v) is 3.59. The molecule has 5 heteroatoms. The van der Waals surface area contributed by atoms with E-state index in [4.69, 9.17) is 22.2 Å². The average Bonchev–Trinajstić information content (AvgIpc) is 2.46. The molecule has 0 saturated carbocycles. The molecule has 0 saturated heterocycles. The predicted molar refractivity (Wildman–Crippen MR) is 80.7 cm³/mol. The molecule has 1 heterocycles. The molecule has 1 aromatic heterocycles. The minimum Gasteiger partial charge on any atom is -0.496 e. The van der Waals surface area contributed by atoms with Gasteiger partial charge in [-0.15, -0.1) is 0 Å². The van der Waals surface area contributed by atoms with Gasteiger partial charge < -0.3 is 4.74 Å². The van der Waals surface area contributed by atoms with Gasteiger partial charge in [-0.2, -0.15) is 0 Å². The summed E-state index contributed by atoms with van der Waals surface area (Å²) in [5.74, 6) is 6.52. The van der Waals surface area contributed by atoms with Crippen LogP contribution >= 0.6 is 11.6 Å². The molecule has 0 fully saturated rings. The number of aromatic nitrogens is 1. The molecular weight excluding hydrogens is 274 g/mol. The predicted octanol–water partition coefficient (Wildman–Crippen LogP) is 2.80. The fourth-order valence-electron chi connectivity index (χ4n) is 2.15. The normalized spacial score (nSPS) is 12.2. The number of pyridine rings is 1. The molecule has 0 amide bonds. The van der Waals surface area contributed by atoms with Crippen LogP contribution in [-0.2, 0) is 6.42 Å². The van der Waals surface area contributed by atoms with E-state index in [1.54, 1.807) is 19.5 Å². The summed E-state index contributed by atoms with van der Waals surface area (Å²) in [4.78, 5) is 3.99. The first-order valence-electron chi connectivity index (χ1n) is 6.34. The Morgan fingerprint density at radius 1 is 1.40 bits per heavy atom. The molecule has 1 atom stereocenters. The molecule has 4 nitrogen and oxygen atoms in total. The number of aryl methyl sites for hydroxylation is 1. The Labute approximate surface area is 123 Å². The summed E-state index contributed by atoms with van der Waals surface area (Å²) < 4.78 is 5.44. The number of hydrazine groups is 1. The topological polar surface area (TPSA) is 60.2 Å². The number of nitrogens with zero attached hydrogens (tertiary/aromatic N) is 1. The SMILES string of the molecule is COc1cc(C)ccc1C(Cc1ccncc1Cl)NN. The van der Waals surface area contributed by atoms with Crippen LogP contribution in [0.4, 0.5) is 0 Å². The molecule has 2 rings (SSSR count). The first-order chi connectivity index (χ1) is 9.65. The highest BCUT2D eigenvalue weighted by Gasteiger charge is 2.16. The van der Waals surface area contributed by atoms with Gasteiger partial charge in [-0.3, -0.25) is 16.3 Å². The van der Waals surface area contributed by atoms with E-state index in [2.05, 4.69) is 10.4 Å². The lowest BCUT2D eigenvalue weighted by molar-refractivity contribution is 0.398. The highest BCUT2D eigenvalue weighted by atomic mass is 35.5. The van der Waals surface area contributed by atoms with Crippen LogP contribution in [0.25, 0.3) is 0 Å². The molecule has 0 aliphatic rings. The second-order valence-electron chi connectivity index (χ2n) is 4.64. The second kappa shape index (κ2) is 6.70. The van der Waals surface area contributed by atoms with E-state index in [1.165, 1.54) is 0 Å². The molecule has 106 valence electrons. The number of benzene rings is 1. The van der Waals surface area contributed by atoms with E-state index in [9.17, 15) is 0 Å². The van der Waals surface area contributed by atoms with Crippen molar-refractivity contribution in [2.24, 2.45) is 5.84 Å². The summed E-state index contributed by atoms with van der Waals surface area (Å²) in [5, 5.41) is 0.638. The van der Waals surface area contributed by atoms with E-state index in [1.807, 2.05) is 31.2 Å². The van der Waals surface area contributed by atoms with Gasteiger partial charge in [0.2, 0.25) is 0 Å². The maximum atomic E-state index is 6.15. The maximum absolute atomic E-state index is 6.15. The summed E-state index contributed by atoms with van der Waals surface area (Å²) in [5.41, 5.74) is 5.97. The number of methoxy groups -OCH3 is 1. The van der Waals surface area contributed by atoms with Crippen molar-refractivity contribution in [1.29, 1.82) is 0 Å². The fourth-order valence-corrected chi connectivity index (χ4v) is 2.35. The van der Waals surface area contributed by atoms with E-state index in [0.717, 1.165) is 22.4 Å². The molecule has 20 heavy (non-hydrogen) atoms. The average molecular weight is 292 g/mol. The molecule has 3 N–H and O–H groups in total. The molecule has 0 spiro atoms. The lowest BCUT2D eigenvalue weighted by atomic mass is 9.98. The Morgan fingerprint density at radius 3 is 2.85 bits per heavy atom. The third-order valence-electron chi connectivity index (χ3n) is 3.25. The van der Waals surface area contributed by atoms with Crippen molar-refractivity contribution in [2.45, 2.75) is 19.4 Å². The van der Waals surface area contributed by atoms with E-state index in [-0.39, 0.29) is 6.04 Å².